The standard InChI is InChI=1S/3C21H22N4O6S/c3*1-11-22-14-4-3-12(9-13(14)19(28)23-11)10-25(2)17-7-6-16(32-17)20(29)24-15(21(30)31)5-8-18(26)27/h3*3-4,6-7,9,15H,5,8,10H2,1-2H3,(H,24,29)(H,26,27)(H,30,31)(H,22,23,28)/t3*15-/m000/s1. The Labute approximate surface area is 555 Å². The number of aromatic nitrogens is 6. The van der Waals surface area contributed by atoms with Crippen LogP contribution in [0.15, 0.2) is 105 Å². The molecule has 9 aromatic rings. The number of aromatic amines is 3. The van der Waals surface area contributed by atoms with Crippen LogP contribution in [0.4, 0.5) is 15.0 Å². The van der Waals surface area contributed by atoms with Gasteiger partial charge < -0.3 is 76.2 Å². The van der Waals surface area contributed by atoms with Crippen LogP contribution in [-0.2, 0) is 48.4 Å². The van der Waals surface area contributed by atoms with Crippen LogP contribution in [0, 0.1) is 20.8 Å². The lowest BCUT2D eigenvalue weighted by Gasteiger charge is -2.17. The number of aryl methyl sites for hydroxylation is 3. The third-order valence-electron chi connectivity index (χ3n) is 14.3. The van der Waals surface area contributed by atoms with E-state index in [0.717, 1.165) is 31.7 Å². The molecule has 0 unspecified atom stereocenters. The number of carboxylic acids is 6. The van der Waals surface area contributed by atoms with Gasteiger partial charge in [0, 0.05) is 60.0 Å². The quantitative estimate of drug-likeness (QED) is 0.0284. The van der Waals surface area contributed by atoms with Crippen molar-refractivity contribution in [3.05, 3.63) is 171 Å². The van der Waals surface area contributed by atoms with Crippen molar-refractivity contribution in [1.29, 1.82) is 0 Å². The zero-order chi connectivity index (χ0) is 70.2. The molecule has 0 saturated heterocycles. The first kappa shape index (κ1) is 72.2. The highest BCUT2D eigenvalue weighted by Gasteiger charge is 2.26. The van der Waals surface area contributed by atoms with Crippen molar-refractivity contribution in [2.75, 3.05) is 35.8 Å². The molecular formula is C63H66N12O18S3. The van der Waals surface area contributed by atoms with Crippen LogP contribution >= 0.6 is 34.0 Å². The molecule has 3 atom stereocenters. The molecule has 0 fully saturated rings. The van der Waals surface area contributed by atoms with Gasteiger partial charge in [0.1, 0.15) is 35.6 Å². The Morgan fingerprint density at radius 3 is 0.885 bits per heavy atom. The summed E-state index contributed by atoms with van der Waals surface area (Å²) in [7, 11) is 5.51. The second kappa shape index (κ2) is 32.6. The van der Waals surface area contributed by atoms with Crippen molar-refractivity contribution in [3.8, 4) is 0 Å². The number of nitrogens with zero attached hydrogens (tertiary/aromatic N) is 6. The molecule has 33 heteroatoms. The summed E-state index contributed by atoms with van der Waals surface area (Å²) < 4.78 is 0. The van der Waals surface area contributed by atoms with E-state index in [1.165, 1.54) is 34.0 Å². The number of anilines is 3. The Morgan fingerprint density at radius 1 is 0.406 bits per heavy atom. The normalized spacial score (nSPS) is 11.8. The van der Waals surface area contributed by atoms with E-state index in [1.54, 1.807) is 93.6 Å². The zero-order valence-corrected chi connectivity index (χ0v) is 54.7. The van der Waals surface area contributed by atoms with Gasteiger partial charge in [-0.3, -0.25) is 43.2 Å². The molecule has 0 spiro atoms. The van der Waals surface area contributed by atoms with Crippen LogP contribution < -0.4 is 47.3 Å². The number of hydrogen-bond donors (Lipinski definition) is 12. The van der Waals surface area contributed by atoms with Gasteiger partial charge in [-0.1, -0.05) is 18.2 Å². The van der Waals surface area contributed by atoms with Gasteiger partial charge in [0.15, 0.2) is 0 Å². The van der Waals surface area contributed by atoms with Gasteiger partial charge in [0.2, 0.25) is 0 Å². The minimum absolute atomic E-state index is 0.204. The number of carbonyl (C=O) groups excluding carboxylic acids is 3. The van der Waals surface area contributed by atoms with Crippen molar-refractivity contribution in [3.63, 3.8) is 0 Å². The molecule has 0 saturated carbocycles. The number of aliphatic carboxylic acids is 6. The maximum Gasteiger partial charge on any atom is 0.326 e. The van der Waals surface area contributed by atoms with Gasteiger partial charge in [-0.15, -0.1) is 34.0 Å². The number of nitrogens with one attached hydrogen (secondary N) is 6. The van der Waals surface area contributed by atoms with Gasteiger partial charge in [-0.25, -0.2) is 29.3 Å². The van der Waals surface area contributed by atoms with Crippen LogP contribution in [0.2, 0.25) is 0 Å². The molecule has 6 aromatic heterocycles. The van der Waals surface area contributed by atoms with Gasteiger partial charge in [-0.05, 0) is 130 Å². The Kier molecular flexibility index (Phi) is 24.5. The minimum Gasteiger partial charge on any atom is -0.481 e. The number of carboxylic acid groups (broad SMARTS) is 6. The first-order valence-corrected chi connectivity index (χ1v) is 31.5. The highest BCUT2D eigenvalue weighted by atomic mass is 32.1. The van der Waals surface area contributed by atoms with Crippen molar-refractivity contribution in [1.82, 2.24) is 45.9 Å². The molecular weight excluding hydrogens is 1310 g/mol. The topological polar surface area (TPSA) is 458 Å². The summed E-state index contributed by atoms with van der Waals surface area (Å²) in [6, 6.07) is 22.5. The SMILES string of the molecule is Cc1nc2ccc(CN(C)c3ccc(C(=O)N[C@@H](CCC(=O)O)C(=O)O)s3)cc2c(=O)[nH]1.Cc1nc2ccc(CN(C)c3ccc(C(=O)N[C@@H](CCC(=O)O)C(=O)O)s3)cc2c(=O)[nH]1.Cc1nc2ccc(CN(C)c3ccc(C(=O)N[C@@H](CCC(=O)O)C(=O)O)s3)cc2c(=O)[nH]1. The van der Waals surface area contributed by atoms with Crippen LogP contribution in [0.5, 0.6) is 0 Å². The highest BCUT2D eigenvalue weighted by Crippen LogP contribution is 2.30. The Bertz CT molecular complexity index is 4160. The molecule has 12 N–H and O–H groups in total. The number of benzene rings is 3. The second-order valence-electron chi connectivity index (χ2n) is 21.9. The van der Waals surface area contributed by atoms with Gasteiger partial charge in [-0.2, -0.15) is 0 Å². The monoisotopic (exact) mass is 1370 g/mol. The zero-order valence-electron chi connectivity index (χ0n) is 52.2. The first-order chi connectivity index (χ1) is 45.4. The molecule has 9 rings (SSSR count). The van der Waals surface area contributed by atoms with Crippen LogP contribution in [-0.4, -0.2) is 153 Å². The predicted octanol–water partition coefficient (Wildman–Crippen LogP) is 5.93. The summed E-state index contributed by atoms with van der Waals surface area (Å²) >= 11 is 3.54. The second-order valence-corrected chi connectivity index (χ2v) is 25.1. The molecule has 0 radical (unpaired) electrons. The van der Waals surface area contributed by atoms with Crippen LogP contribution in [0.3, 0.4) is 0 Å². The molecule has 504 valence electrons. The van der Waals surface area contributed by atoms with E-state index in [4.69, 9.17) is 15.3 Å². The smallest absolute Gasteiger partial charge is 0.326 e. The molecule has 0 aliphatic carbocycles. The van der Waals surface area contributed by atoms with Crippen molar-refractivity contribution in [2.24, 2.45) is 0 Å². The lowest BCUT2D eigenvalue weighted by molar-refractivity contribution is -0.142. The number of fused-ring (bicyclic) bond motifs is 3. The molecule has 3 aromatic carbocycles. The van der Waals surface area contributed by atoms with Gasteiger partial charge in [0.05, 0.1) is 62.3 Å². The number of amides is 3. The summed E-state index contributed by atoms with van der Waals surface area (Å²) in [6.07, 6.45) is -1.70. The minimum atomic E-state index is -1.29. The fourth-order valence-electron chi connectivity index (χ4n) is 9.49. The Hall–Kier alpha value is -11.2. The fourth-order valence-corrected chi connectivity index (χ4v) is 12.1. The molecule has 30 nitrogen and oxygen atoms in total. The summed E-state index contributed by atoms with van der Waals surface area (Å²) in [5.41, 5.74) is 3.88. The van der Waals surface area contributed by atoms with Crippen LogP contribution in [0.1, 0.15) is 102 Å². The number of hydrogen-bond acceptors (Lipinski definition) is 21. The number of carbonyl (C=O) groups is 9. The molecule has 3 amide bonds. The van der Waals surface area contributed by atoms with Crippen molar-refractivity contribution >= 4 is 135 Å². The molecule has 0 aliphatic heterocycles. The highest BCUT2D eigenvalue weighted by molar-refractivity contribution is 7.18. The third kappa shape index (κ3) is 20.2. The number of H-pyrrole nitrogens is 3. The molecule has 0 aliphatic rings. The molecule has 6 heterocycles. The van der Waals surface area contributed by atoms with Crippen LogP contribution in [0.25, 0.3) is 32.7 Å². The average Bonchev–Trinajstić information content (AvgIpc) is 1.11. The maximum atomic E-state index is 12.4. The van der Waals surface area contributed by atoms with E-state index in [2.05, 4.69) is 45.9 Å². The Morgan fingerprint density at radius 2 is 0.656 bits per heavy atom. The van der Waals surface area contributed by atoms with E-state index in [-0.39, 0.29) is 55.2 Å². The maximum absolute atomic E-state index is 12.4. The predicted molar refractivity (Wildman–Crippen MR) is 358 cm³/mol. The first-order valence-electron chi connectivity index (χ1n) is 29.1. The fraction of sp³-hybridized carbons (Fsp3) is 0.286. The van der Waals surface area contributed by atoms with E-state index < -0.39 is 71.7 Å². The molecule has 96 heavy (non-hydrogen) atoms. The average molecular weight is 1380 g/mol. The van der Waals surface area contributed by atoms with Gasteiger partial charge >= 0.3 is 35.8 Å². The number of thiophene rings is 3. The van der Waals surface area contributed by atoms with E-state index in [9.17, 15) is 72.9 Å². The Balaban J connectivity index is 0.000000203. The lowest BCUT2D eigenvalue weighted by atomic mass is 10.1. The van der Waals surface area contributed by atoms with E-state index >= 15 is 0 Å². The van der Waals surface area contributed by atoms with Gasteiger partial charge in [0.25, 0.3) is 34.4 Å². The third-order valence-corrected chi connectivity index (χ3v) is 17.8. The summed E-state index contributed by atoms with van der Waals surface area (Å²) in [5.74, 6) is -7.35. The van der Waals surface area contributed by atoms with E-state index in [1.807, 2.05) is 54.0 Å². The summed E-state index contributed by atoms with van der Waals surface area (Å²) in [4.78, 5) is 167. The van der Waals surface area contributed by atoms with E-state index in [0.29, 0.717) is 84.4 Å². The van der Waals surface area contributed by atoms with Crippen molar-refractivity contribution < 1.29 is 73.8 Å². The summed E-state index contributed by atoms with van der Waals surface area (Å²) in [6.45, 7) is 6.58. The van der Waals surface area contributed by atoms with Crippen molar-refractivity contribution in [2.45, 2.75) is 97.1 Å². The molecule has 0 bridgehead atoms. The lowest BCUT2D eigenvalue weighted by Crippen LogP contribution is -2.40. The summed E-state index contributed by atoms with van der Waals surface area (Å²) in [5, 5.41) is 64.7. The largest absolute Gasteiger partial charge is 0.481 e. The number of rotatable bonds is 27.